The van der Waals surface area contributed by atoms with Gasteiger partial charge in [-0.25, -0.2) is 4.39 Å². The summed E-state index contributed by atoms with van der Waals surface area (Å²) in [6.07, 6.45) is 2.27. The number of allylic oxidation sites excluding steroid dienone is 1. The molecule has 38 heavy (non-hydrogen) atoms. The second-order valence-electron chi connectivity index (χ2n) is 10.7. The minimum atomic E-state index is -1.14. The van der Waals surface area contributed by atoms with Crippen LogP contribution in [0.15, 0.2) is 30.1 Å². The number of β-amino-alcohol motifs (C(OH)–C–C–N with tert-alkyl or cyclic N) is 1. The maximum absolute atomic E-state index is 14.5. The number of carbonyl (C=O) groups excluding carboxylic acids is 2. The van der Waals surface area contributed by atoms with Crippen LogP contribution in [0, 0.1) is 18.7 Å². The summed E-state index contributed by atoms with van der Waals surface area (Å²) >= 11 is 0. The van der Waals surface area contributed by atoms with Crippen molar-refractivity contribution in [1.29, 1.82) is 0 Å². The van der Waals surface area contributed by atoms with E-state index < -0.39 is 24.2 Å². The van der Waals surface area contributed by atoms with Crippen molar-refractivity contribution >= 4 is 17.4 Å². The van der Waals surface area contributed by atoms with Crippen LogP contribution in [0.5, 0.6) is 5.75 Å². The van der Waals surface area contributed by atoms with Crippen LogP contribution in [-0.2, 0) is 9.59 Å². The highest BCUT2D eigenvalue weighted by Gasteiger charge is 2.36. The molecule has 0 bridgehead atoms. The maximum atomic E-state index is 14.5. The van der Waals surface area contributed by atoms with E-state index in [2.05, 4.69) is 15.6 Å². The average molecular weight is 527 g/mol. The minimum absolute atomic E-state index is 0.0360. The highest BCUT2D eigenvalue weighted by molar-refractivity contribution is 6.20. The Labute approximate surface area is 221 Å². The third kappa shape index (κ3) is 5.15. The van der Waals surface area contributed by atoms with Gasteiger partial charge in [-0.2, -0.15) is 0 Å². The molecule has 5 N–H and O–H groups in total. The van der Waals surface area contributed by atoms with Crippen LogP contribution in [0.1, 0.15) is 61.5 Å². The fourth-order valence-corrected chi connectivity index (χ4v) is 5.25. The van der Waals surface area contributed by atoms with E-state index in [1.165, 1.54) is 17.9 Å². The fraction of sp³-hybridized carbons (Fsp3) is 0.500. The number of hydrogen-bond donors (Lipinski definition) is 5. The van der Waals surface area contributed by atoms with E-state index in [0.717, 1.165) is 24.0 Å². The molecule has 2 aliphatic heterocycles. The smallest absolute Gasteiger partial charge is 0.255 e. The number of hydrogen-bond acceptors (Lipinski definition) is 6. The molecule has 1 saturated heterocycles. The number of carbonyl (C=O) groups is 2. The van der Waals surface area contributed by atoms with E-state index in [4.69, 9.17) is 4.74 Å². The summed E-state index contributed by atoms with van der Waals surface area (Å²) in [6.45, 7) is 5.84. The van der Waals surface area contributed by atoms with Crippen molar-refractivity contribution in [3.8, 4) is 5.75 Å². The van der Waals surface area contributed by atoms with E-state index >= 15 is 0 Å². The monoisotopic (exact) mass is 526 g/mol. The number of benzene rings is 1. The number of rotatable bonds is 7. The molecule has 1 aromatic heterocycles. The van der Waals surface area contributed by atoms with Gasteiger partial charge in [0.25, 0.3) is 11.8 Å². The molecule has 2 aromatic rings. The van der Waals surface area contributed by atoms with Gasteiger partial charge in [0.05, 0.1) is 36.1 Å². The molecule has 1 aromatic carbocycles. The first kappa shape index (κ1) is 26.2. The van der Waals surface area contributed by atoms with Crippen molar-refractivity contribution in [2.75, 3.05) is 19.7 Å². The number of nitrogens with one attached hydrogen (secondary N) is 3. The van der Waals surface area contributed by atoms with Gasteiger partial charge in [0, 0.05) is 42.2 Å². The van der Waals surface area contributed by atoms with E-state index in [1.54, 1.807) is 19.2 Å². The molecule has 3 aliphatic rings. The Morgan fingerprint density at radius 2 is 2.00 bits per heavy atom. The number of ether oxygens (including phenoxy) is 1. The SMILES string of the molecule is CC1=C(C(=O)NC2CCN(C(=O)C(C)O)CC2O)c2[nH]ccc2C(c2cc(C)c(F)cc2OCC2CC2)N1. The Balaban J connectivity index is 1.36. The molecule has 204 valence electrons. The highest BCUT2D eigenvalue weighted by atomic mass is 19.1. The molecular weight excluding hydrogens is 491 g/mol. The molecule has 1 aliphatic carbocycles. The van der Waals surface area contributed by atoms with Crippen molar-refractivity contribution in [3.05, 3.63) is 58.3 Å². The van der Waals surface area contributed by atoms with Crippen LogP contribution in [0.2, 0.25) is 0 Å². The number of nitrogens with zero attached hydrogens (tertiary/aromatic N) is 1. The summed E-state index contributed by atoms with van der Waals surface area (Å²) in [6, 6.07) is 4.24. The Morgan fingerprint density at radius 1 is 1.24 bits per heavy atom. The quantitative estimate of drug-likeness (QED) is 0.376. The summed E-state index contributed by atoms with van der Waals surface area (Å²) in [5.41, 5.74) is 3.85. The lowest BCUT2D eigenvalue weighted by molar-refractivity contribution is -0.143. The number of aromatic amines is 1. The zero-order chi connectivity index (χ0) is 27.1. The molecule has 1 saturated carbocycles. The second-order valence-corrected chi connectivity index (χ2v) is 10.7. The second kappa shape index (κ2) is 10.4. The summed E-state index contributed by atoms with van der Waals surface area (Å²) in [7, 11) is 0. The number of aromatic nitrogens is 1. The van der Waals surface area contributed by atoms with Crippen molar-refractivity contribution in [3.63, 3.8) is 0 Å². The topological polar surface area (TPSA) is 127 Å². The Morgan fingerprint density at radius 3 is 2.68 bits per heavy atom. The lowest BCUT2D eigenvalue weighted by Crippen LogP contribution is -2.56. The predicted molar refractivity (Wildman–Crippen MR) is 139 cm³/mol. The number of aliphatic hydroxyl groups excluding tert-OH is 2. The molecule has 4 atom stereocenters. The van der Waals surface area contributed by atoms with Crippen LogP contribution in [0.3, 0.4) is 0 Å². The van der Waals surface area contributed by atoms with Crippen LogP contribution < -0.4 is 15.4 Å². The zero-order valence-electron chi connectivity index (χ0n) is 21.9. The van der Waals surface area contributed by atoms with Gasteiger partial charge in [-0.05, 0) is 63.6 Å². The van der Waals surface area contributed by atoms with Gasteiger partial charge in [0.1, 0.15) is 17.7 Å². The molecule has 4 unspecified atom stereocenters. The summed E-state index contributed by atoms with van der Waals surface area (Å²) < 4.78 is 20.5. The van der Waals surface area contributed by atoms with Crippen LogP contribution >= 0.6 is 0 Å². The van der Waals surface area contributed by atoms with E-state index in [-0.39, 0.29) is 24.3 Å². The lowest BCUT2D eigenvalue weighted by Gasteiger charge is -2.37. The average Bonchev–Trinajstić information content (AvgIpc) is 3.58. The molecule has 0 radical (unpaired) electrons. The van der Waals surface area contributed by atoms with Gasteiger partial charge < -0.3 is 35.5 Å². The summed E-state index contributed by atoms with van der Waals surface area (Å²) in [4.78, 5) is 30.2. The number of likely N-dealkylation sites (tertiary alicyclic amines) is 1. The van der Waals surface area contributed by atoms with Gasteiger partial charge in [0.2, 0.25) is 0 Å². The molecule has 2 fully saturated rings. The first-order valence-corrected chi connectivity index (χ1v) is 13.2. The number of aliphatic hydroxyl groups is 2. The van der Waals surface area contributed by atoms with Crippen molar-refractivity contribution in [2.24, 2.45) is 5.92 Å². The number of fused-ring (bicyclic) bond motifs is 1. The third-order valence-electron chi connectivity index (χ3n) is 7.64. The van der Waals surface area contributed by atoms with Gasteiger partial charge in [-0.3, -0.25) is 9.59 Å². The predicted octanol–water partition coefficient (Wildman–Crippen LogP) is 2.13. The Hall–Kier alpha value is -3.37. The molecule has 5 rings (SSSR count). The van der Waals surface area contributed by atoms with E-state index in [0.29, 0.717) is 53.8 Å². The molecule has 3 heterocycles. The number of piperidine rings is 1. The number of halogens is 1. The van der Waals surface area contributed by atoms with E-state index in [9.17, 15) is 24.2 Å². The first-order chi connectivity index (χ1) is 18.1. The third-order valence-corrected chi connectivity index (χ3v) is 7.64. The van der Waals surface area contributed by atoms with Crippen LogP contribution in [0.4, 0.5) is 4.39 Å². The fourth-order valence-electron chi connectivity index (χ4n) is 5.25. The van der Waals surface area contributed by atoms with Gasteiger partial charge in [-0.15, -0.1) is 0 Å². The Kier molecular flexibility index (Phi) is 7.19. The summed E-state index contributed by atoms with van der Waals surface area (Å²) in [5, 5.41) is 26.6. The maximum Gasteiger partial charge on any atom is 0.255 e. The molecule has 10 heteroatoms. The van der Waals surface area contributed by atoms with Crippen LogP contribution in [0.25, 0.3) is 5.57 Å². The van der Waals surface area contributed by atoms with Crippen molar-refractivity contribution < 1.29 is 28.9 Å². The van der Waals surface area contributed by atoms with Gasteiger partial charge in [-0.1, -0.05) is 0 Å². The van der Waals surface area contributed by atoms with Crippen molar-refractivity contribution in [1.82, 2.24) is 20.5 Å². The van der Waals surface area contributed by atoms with Crippen molar-refractivity contribution in [2.45, 2.75) is 64.3 Å². The highest BCUT2D eigenvalue weighted by Crippen LogP contribution is 2.40. The van der Waals surface area contributed by atoms with Crippen LogP contribution in [-0.4, -0.2) is 69.9 Å². The first-order valence-electron chi connectivity index (χ1n) is 13.2. The largest absolute Gasteiger partial charge is 0.493 e. The molecular formula is C28H35FN4O5. The standard InChI is InChI=1S/C28H35FN4O5/c1-14-10-19(23(11-20(14)29)38-13-17-4-5-17)25-18-6-8-30-26(18)24(15(2)31-25)27(36)32-21-7-9-33(12-22(21)35)28(37)16(3)34/h6,8,10-11,16-17,21-22,25,30-31,34-35H,4-5,7,9,12-13H2,1-3H3,(H,32,36). The zero-order valence-corrected chi connectivity index (χ0v) is 21.9. The number of H-pyrrole nitrogens is 1. The molecule has 2 amide bonds. The summed E-state index contributed by atoms with van der Waals surface area (Å²) in [5.74, 6) is -0.109. The van der Waals surface area contributed by atoms with Gasteiger partial charge in [0.15, 0.2) is 0 Å². The van der Waals surface area contributed by atoms with Gasteiger partial charge >= 0.3 is 0 Å². The lowest BCUT2D eigenvalue weighted by atomic mass is 9.89. The molecule has 9 nitrogen and oxygen atoms in total. The number of aryl methyl sites for hydroxylation is 1. The Bertz CT molecular complexity index is 1270. The van der Waals surface area contributed by atoms with E-state index in [1.807, 2.05) is 13.0 Å². The minimum Gasteiger partial charge on any atom is -0.493 e. The normalized spacial score (nSPS) is 23.9. The molecule has 0 spiro atoms. The number of amides is 2.